The van der Waals surface area contributed by atoms with E-state index in [-0.39, 0.29) is 17.6 Å². The maximum absolute atomic E-state index is 13.0. The summed E-state index contributed by atoms with van der Waals surface area (Å²) in [5.41, 5.74) is 7.20. The first-order chi connectivity index (χ1) is 14.4. The van der Waals surface area contributed by atoms with Crippen molar-refractivity contribution >= 4 is 28.7 Å². The normalized spacial score (nSPS) is 19.7. The molecule has 3 aromatic rings. The fourth-order valence-electron chi connectivity index (χ4n) is 4.19. The molecule has 0 radical (unpaired) electrons. The van der Waals surface area contributed by atoms with Crippen molar-refractivity contribution in [2.24, 2.45) is 19.8 Å². The van der Waals surface area contributed by atoms with Gasteiger partial charge in [-0.05, 0) is 24.5 Å². The van der Waals surface area contributed by atoms with Crippen molar-refractivity contribution < 1.29 is 0 Å². The zero-order valence-corrected chi connectivity index (χ0v) is 18.0. The van der Waals surface area contributed by atoms with Gasteiger partial charge in [-0.3, -0.25) is 18.5 Å². The van der Waals surface area contributed by atoms with Crippen LogP contribution in [0.15, 0.2) is 33.9 Å². The zero-order valence-electron chi connectivity index (χ0n) is 17.3. The lowest BCUT2D eigenvalue weighted by Crippen LogP contribution is -2.40. The van der Waals surface area contributed by atoms with Crippen molar-refractivity contribution in [2.45, 2.75) is 50.7 Å². The van der Waals surface area contributed by atoms with Crippen molar-refractivity contribution in [1.82, 2.24) is 18.7 Å². The molecule has 1 saturated carbocycles. The molecule has 2 aromatic heterocycles. The maximum atomic E-state index is 13.0. The van der Waals surface area contributed by atoms with Gasteiger partial charge in [0.1, 0.15) is 0 Å². The van der Waals surface area contributed by atoms with Gasteiger partial charge in [-0.2, -0.15) is 4.98 Å². The van der Waals surface area contributed by atoms with Crippen LogP contribution in [0, 0.1) is 0 Å². The van der Waals surface area contributed by atoms with E-state index in [4.69, 9.17) is 17.3 Å². The van der Waals surface area contributed by atoms with E-state index >= 15 is 0 Å². The van der Waals surface area contributed by atoms with Crippen LogP contribution in [0.2, 0.25) is 5.02 Å². The number of hydrogen-bond acceptors (Lipinski definition) is 5. The Hall–Kier alpha value is -2.58. The van der Waals surface area contributed by atoms with Crippen LogP contribution in [0.25, 0.3) is 11.2 Å². The van der Waals surface area contributed by atoms with Gasteiger partial charge in [0.2, 0.25) is 5.95 Å². The topological polar surface area (TPSA) is 99.9 Å². The Morgan fingerprint density at radius 2 is 1.87 bits per heavy atom. The second kappa shape index (κ2) is 8.28. The zero-order chi connectivity index (χ0) is 21.4. The Bertz CT molecular complexity index is 1190. The fraction of sp³-hybridized carbons (Fsp3) is 0.476. The number of anilines is 1. The summed E-state index contributed by atoms with van der Waals surface area (Å²) in [4.78, 5) is 30.1. The molecule has 4 rings (SSSR count). The molecule has 160 valence electrons. The second-order valence-corrected chi connectivity index (χ2v) is 8.45. The molecule has 2 unspecified atom stereocenters. The van der Waals surface area contributed by atoms with E-state index in [0.717, 1.165) is 42.2 Å². The summed E-state index contributed by atoms with van der Waals surface area (Å²) in [7, 11) is 3.10. The molecule has 1 aromatic carbocycles. The lowest BCUT2D eigenvalue weighted by atomic mass is 10.0. The highest BCUT2D eigenvalue weighted by atomic mass is 35.5. The number of benzene rings is 1. The quantitative estimate of drug-likeness (QED) is 0.618. The van der Waals surface area contributed by atoms with Gasteiger partial charge in [0, 0.05) is 31.2 Å². The molecular formula is C21H27ClN6O2. The number of nitrogens with two attached hydrogens (primary N) is 1. The average Bonchev–Trinajstić information content (AvgIpc) is 2.95. The Morgan fingerprint density at radius 1 is 1.13 bits per heavy atom. The van der Waals surface area contributed by atoms with Crippen LogP contribution in [0.1, 0.15) is 37.7 Å². The Balaban J connectivity index is 1.89. The summed E-state index contributed by atoms with van der Waals surface area (Å²) in [5, 5.41) is 4.09. The third-order valence-corrected chi connectivity index (χ3v) is 6.39. The number of aromatic nitrogens is 4. The highest BCUT2D eigenvalue weighted by molar-refractivity contribution is 6.31. The van der Waals surface area contributed by atoms with Gasteiger partial charge in [-0.25, -0.2) is 4.79 Å². The van der Waals surface area contributed by atoms with Gasteiger partial charge in [-0.1, -0.05) is 49.1 Å². The second-order valence-electron chi connectivity index (χ2n) is 8.04. The predicted molar refractivity (Wildman–Crippen MR) is 119 cm³/mol. The third kappa shape index (κ3) is 3.65. The van der Waals surface area contributed by atoms with E-state index in [1.807, 2.05) is 28.8 Å². The lowest BCUT2D eigenvalue weighted by molar-refractivity contribution is 0.523. The van der Waals surface area contributed by atoms with Gasteiger partial charge < -0.3 is 11.1 Å². The minimum absolute atomic E-state index is 0.00716. The molecule has 2 atom stereocenters. The molecule has 1 aliphatic rings. The van der Waals surface area contributed by atoms with Gasteiger partial charge in [0.05, 0.1) is 6.54 Å². The molecule has 1 fully saturated rings. The molecule has 2 heterocycles. The molecule has 1 aliphatic carbocycles. The van der Waals surface area contributed by atoms with Crippen LogP contribution in [-0.2, 0) is 20.6 Å². The van der Waals surface area contributed by atoms with Gasteiger partial charge in [0.25, 0.3) is 5.56 Å². The molecule has 3 N–H and O–H groups in total. The standard InChI is InChI=1S/C21H27ClN6O2/c1-26-18-17(19(29)27(2)21(26)30)28(12-13-8-6-7-9-14(13)22)20(25-18)24-16-11-5-3-4-10-15(16)23/h6-9,15-16H,3-5,10-12,23H2,1-2H3,(H,24,25). The van der Waals surface area contributed by atoms with Crippen LogP contribution in [0.4, 0.5) is 5.95 Å². The molecule has 0 aliphatic heterocycles. The molecule has 0 saturated heterocycles. The van der Waals surface area contributed by atoms with Crippen LogP contribution in [0.3, 0.4) is 0 Å². The summed E-state index contributed by atoms with van der Waals surface area (Å²) in [6.45, 7) is 0.355. The summed E-state index contributed by atoms with van der Waals surface area (Å²) in [6.07, 6.45) is 5.26. The summed E-state index contributed by atoms with van der Waals surface area (Å²) in [5.74, 6) is 0.533. The number of fused-ring (bicyclic) bond motifs is 1. The average molecular weight is 431 g/mol. The molecule has 9 heteroatoms. The molecule has 0 bridgehead atoms. The number of nitrogens with zero attached hydrogens (tertiary/aromatic N) is 4. The smallest absolute Gasteiger partial charge is 0.332 e. The van der Waals surface area contributed by atoms with E-state index in [2.05, 4.69) is 10.3 Å². The van der Waals surface area contributed by atoms with E-state index in [0.29, 0.717) is 28.7 Å². The van der Waals surface area contributed by atoms with E-state index in [1.165, 1.54) is 11.6 Å². The molecule has 0 spiro atoms. The first-order valence-corrected chi connectivity index (χ1v) is 10.7. The predicted octanol–water partition coefficient (Wildman–Crippen LogP) is 2.21. The van der Waals surface area contributed by atoms with Crippen molar-refractivity contribution in [3.05, 3.63) is 55.7 Å². The van der Waals surface area contributed by atoms with Crippen LogP contribution in [0.5, 0.6) is 0 Å². The first-order valence-electron chi connectivity index (χ1n) is 10.3. The Labute approximate surface area is 179 Å². The summed E-state index contributed by atoms with van der Waals surface area (Å²) in [6, 6.07) is 7.56. The highest BCUT2D eigenvalue weighted by Crippen LogP contribution is 2.25. The summed E-state index contributed by atoms with van der Waals surface area (Å²) < 4.78 is 4.32. The van der Waals surface area contributed by atoms with Crippen LogP contribution >= 0.6 is 11.6 Å². The van der Waals surface area contributed by atoms with Crippen LogP contribution < -0.4 is 22.3 Å². The minimum atomic E-state index is -0.410. The Morgan fingerprint density at radius 3 is 2.63 bits per heavy atom. The third-order valence-electron chi connectivity index (χ3n) is 6.02. The molecular weight excluding hydrogens is 404 g/mol. The number of rotatable bonds is 4. The highest BCUT2D eigenvalue weighted by Gasteiger charge is 2.25. The lowest BCUT2D eigenvalue weighted by Gasteiger charge is -2.23. The fourth-order valence-corrected chi connectivity index (χ4v) is 4.38. The SMILES string of the molecule is Cn1c(=O)c2c(nc(NC3CCCCCC3N)n2Cc2ccccc2Cl)n(C)c1=O. The molecule has 8 nitrogen and oxygen atoms in total. The van der Waals surface area contributed by atoms with Crippen molar-refractivity contribution in [3.63, 3.8) is 0 Å². The van der Waals surface area contributed by atoms with Crippen molar-refractivity contribution in [2.75, 3.05) is 5.32 Å². The van der Waals surface area contributed by atoms with E-state index in [1.54, 1.807) is 7.05 Å². The summed E-state index contributed by atoms with van der Waals surface area (Å²) >= 11 is 6.40. The van der Waals surface area contributed by atoms with Gasteiger partial charge in [-0.15, -0.1) is 0 Å². The number of hydrogen-bond donors (Lipinski definition) is 2. The van der Waals surface area contributed by atoms with Crippen molar-refractivity contribution in [3.8, 4) is 0 Å². The maximum Gasteiger partial charge on any atom is 0.332 e. The number of aryl methyl sites for hydroxylation is 1. The monoisotopic (exact) mass is 430 g/mol. The number of nitrogens with one attached hydrogen (secondary N) is 1. The van der Waals surface area contributed by atoms with Gasteiger partial charge >= 0.3 is 5.69 Å². The molecule has 30 heavy (non-hydrogen) atoms. The van der Waals surface area contributed by atoms with Gasteiger partial charge in [0.15, 0.2) is 11.2 Å². The van der Waals surface area contributed by atoms with E-state index in [9.17, 15) is 9.59 Å². The van der Waals surface area contributed by atoms with E-state index < -0.39 is 5.69 Å². The van der Waals surface area contributed by atoms with Crippen LogP contribution in [-0.4, -0.2) is 30.8 Å². The first kappa shape index (κ1) is 20.7. The Kier molecular flexibility index (Phi) is 5.71. The molecule has 0 amide bonds. The largest absolute Gasteiger partial charge is 0.351 e. The number of imidazole rings is 1. The minimum Gasteiger partial charge on any atom is -0.351 e. The van der Waals surface area contributed by atoms with Crippen molar-refractivity contribution in [1.29, 1.82) is 0 Å². The number of halogens is 1.